The van der Waals surface area contributed by atoms with Crippen LogP contribution in [-0.4, -0.2) is 29.8 Å². The summed E-state index contributed by atoms with van der Waals surface area (Å²) in [5.41, 5.74) is 3.23. The van der Waals surface area contributed by atoms with Crippen LogP contribution in [0.1, 0.15) is 17.0 Å². The van der Waals surface area contributed by atoms with Crippen LogP contribution < -0.4 is 5.32 Å². The van der Waals surface area contributed by atoms with Crippen LogP contribution in [0.2, 0.25) is 0 Å². The topological polar surface area (TPSA) is 73.5 Å². The van der Waals surface area contributed by atoms with Gasteiger partial charge < -0.3 is 5.32 Å². The first-order valence-electron chi connectivity index (χ1n) is 6.71. The largest absolute Gasteiger partial charge is 0.364 e. The number of aryl methyl sites for hydroxylation is 2. The standard InChI is InChI=1S/C14H17N7/c1-10-6-7-21(19-10)14-5-4-13(17-18-14)15-8-12-9-16-20(3)11(12)2/h4-7,9H,8H2,1-3H3,(H,15,17). The highest BCUT2D eigenvalue weighted by atomic mass is 15.3. The van der Waals surface area contributed by atoms with Crippen LogP contribution in [0.15, 0.2) is 30.6 Å². The van der Waals surface area contributed by atoms with Crippen LogP contribution in [-0.2, 0) is 13.6 Å². The molecule has 0 aliphatic rings. The second kappa shape index (κ2) is 5.35. The Morgan fingerprint density at radius 3 is 2.57 bits per heavy atom. The van der Waals surface area contributed by atoms with Gasteiger partial charge in [0.15, 0.2) is 5.82 Å². The first-order chi connectivity index (χ1) is 10.1. The van der Waals surface area contributed by atoms with Gasteiger partial charge in [-0.15, -0.1) is 10.2 Å². The molecule has 0 aliphatic heterocycles. The minimum atomic E-state index is 0.675. The van der Waals surface area contributed by atoms with Crippen LogP contribution >= 0.6 is 0 Å². The summed E-state index contributed by atoms with van der Waals surface area (Å²) in [5.74, 6) is 1.43. The van der Waals surface area contributed by atoms with Crippen molar-refractivity contribution in [2.75, 3.05) is 5.32 Å². The molecular formula is C14H17N7. The van der Waals surface area contributed by atoms with Crippen LogP contribution in [0.5, 0.6) is 0 Å². The van der Waals surface area contributed by atoms with Crippen molar-refractivity contribution < 1.29 is 0 Å². The van der Waals surface area contributed by atoms with Crippen molar-refractivity contribution >= 4 is 5.82 Å². The minimum Gasteiger partial charge on any atom is -0.364 e. The Hall–Kier alpha value is -2.70. The third kappa shape index (κ3) is 2.76. The lowest BCUT2D eigenvalue weighted by Gasteiger charge is -2.05. The second-order valence-electron chi connectivity index (χ2n) is 4.91. The first kappa shape index (κ1) is 13.3. The summed E-state index contributed by atoms with van der Waals surface area (Å²) < 4.78 is 3.56. The monoisotopic (exact) mass is 283 g/mol. The lowest BCUT2D eigenvalue weighted by molar-refractivity contribution is 0.738. The molecule has 3 aromatic heterocycles. The molecule has 0 saturated carbocycles. The zero-order chi connectivity index (χ0) is 14.8. The summed E-state index contributed by atoms with van der Waals surface area (Å²) in [6.07, 6.45) is 3.72. The third-order valence-corrected chi connectivity index (χ3v) is 3.40. The predicted octanol–water partition coefficient (Wildman–Crippen LogP) is 1.62. The maximum atomic E-state index is 4.30. The Morgan fingerprint density at radius 1 is 1.14 bits per heavy atom. The lowest BCUT2D eigenvalue weighted by Crippen LogP contribution is -2.06. The Kier molecular flexibility index (Phi) is 3.39. The zero-order valence-electron chi connectivity index (χ0n) is 12.3. The average molecular weight is 283 g/mol. The third-order valence-electron chi connectivity index (χ3n) is 3.40. The molecule has 0 bridgehead atoms. The molecule has 21 heavy (non-hydrogen) atoms. The molecule has 0 saturated heterocycles. The van der Waals surface area contributed by atoms with E-state index in [-0.39, 0.29) is 0 Å². The summed E-state index contributed by atoms with van der Waals surface area (Å²) in [5, 5.41) is 20.1. The van der Waals surface area contributed by atoms with E-state index in [1.165, 1.54) is 0 Å². The van der Waals surface area contributed by atoms with Gasteiger partial charge in [0, 0.05) is 31.0 Å². The van der Waals surface area contributed by atoms with E-state index in [4.69, 9.17) is 0 Å². The highest BCUT2D eigenvalue weighted by Gasteiger charge is 2.05. The van der Waals surface area contributed by atoms with E-state index >= 15 is 0 Å². The van der Waals surface area contributed by atoms with E-state index in [9.17, 15) is 0 Å². The summed E-state index contributed by atoms with van der Waals surface area (Å²) >= 11 is 0. The second-order valence-corrected chi connectivity index (χ2v) is 4.91. The van der Waals surface area contributed by atoms with Crippen molar-refractivity contribution in [2.45, 2.75) is 20.4 Å². The molecule has 3 heterocycles. The highest BCUT2D eigenvalue weighted by Crippen LogP contribution is 2.10. The van der Waals surface area contributed by atoms with E-state index in [0.717, 1.165) is 22.8 Å². The Morgan fingerprint density at radius 2 is 2.00 bits per heavy atom. The molecule has 0 radical (unpaired) electrons. The van der Waals surface area contributed by atoms with E-state index in [1.54, 1.807) is 4.68 Å². The smallest absolute Gasteiger partial charge is 0.175 e. The quantitative estimate of drug-likeness (QED) is 0.787. The van der Waals surface area contributed by atoms with Crippen LogP contribution in [0.25, 0.3) is 5.82 Å². The number of hydrogen-bond acceptors (Lipinski definition) is 5. The summed E-state index contributed by atoms with van der Waals surface area (Å²) in [4.78, 5) is 0. The minimum absolute atomic E-state index is 0.675. The molecule has 0 aromatic carbocycles. The molecule has 3 rings (SSSR count). The molecule has 1 N–H and O–H groups in total. The average Bonchev–Trinajstić information content (AvgIpc) is 3.06. The molecule has 0 aliphatic carbocycles. The number of hydrogen-bond donors (Lipinski definition) is 1. The Labute approximate surface area is 122 Å². The summed E-state index contributed by atoms with van der Waals surface area (Å²) in [6.45, 7) is 4.66. The number of aromatic nitrogens is 6. The number of nitrogens with zero attached hydrogens (tertiary/aromatic N) is 6. The number of nitrogens with one attached hydrogen (secondary N) is 1. The molecule has 7 nitrogen and oxygen atoms in total. The van der Waals surface area contributed by atoms with Gasteiger partial charge in [-0.2, -0.15) is 10.2 Å². The fourth-order valence-corrected chi connectivity index (χ4v) is 1.99. The van der Waals surface area contributed by atoms with Gasteiger partial charge in [-0.25, -0.2) is 4.68 Å². The number of rotatable bonds is 4. The Bertz CT molecular complexity index is 739. The molecule has 108 valence electrons. The van der Waals surface area contributed by atoms with Crippen LogP contribution in [0, 0.1) is 13.8 Å². The van der Waals surface area contributed by atoms with Gasteiger partial charge in [0.2, 0.25) is 0 Å². The van der Waals surface area contributed by atoms with Crippen LogP contribution in [0.3, 0.4) is 0 Å². The predicted molar refractivity (Wildman–Crippen MR) is 79.2 cm³/mol. The molecule has 0 spiro atoms. The van der Waals surface area contributed by atoms with Gasteiger partial charge in [-0.05, 0) is 32.0 Å². The van der Waals surface area contributed by atoms with Crippen molar-refractivity contribution in [1.82, 2.24) is 29.8 Å². The molecule has 0 fully saturated rings. The highest BCUT2D eigenvalue weighted by molar-refractivity contribution is 5.37. The van der Waals surface area contributed by atoms with Crippen molar-refractivity contribution in [3.8, 4) is 5.82 Å². The molecule has 3 aromatic rings. The Balaban J connectivity index is 1.68. The van der Waals surface area contributed by atoms with Crippen molar-refractivity contribution in [1.29, 1.82) is 0 Å². The molecule has 7 heteroatoms. The van der Waals surface area contributed by atoms with Crippen molar-refractivity contribution in [2.24, 2.45) is 7.05 Å². The molecular weight excluding hydrogens is 266 g/mol. The maximum Gasteiger partial charge on any atom is 0.175 e. The zero-order valence-corrected chi connectivity index (χ0v) is 12.3. The fraction of sp³-hybridized carbons (Fsp3) is 0.286. The summed E-state index contributed by atoms with van der Waals surface area (Å²) in [6, 6.07) is 5.71. The van der Waals surface area contributed by atoms with E-state index < -0.39 is 0 Å². The van der Waals surface area contributed by atoms with Gasteiger partial charge in [-0.1, -0.05) is 0 Å². The SMILES string of the molecule is Cc1ccn(-c2ccc(NCc3cnn(C)c3C)nn2)n1. The number of anilines is 1. The summed E-state index contributed by atoms with van der Waals surface area (Å²) in [7, 11) is 1.93. The molecule has 0 atom stereocenters. The van der Waals surface area contributed by atoms with Crippen molar-refractivity contribution in [3.05, 3.63) is 47.5 Å². The molecule has 0 unspecified atom stereocenters. The fourth-order valence-electron chi connectivity index (χ4n) is 1.99. The van der Waals surface area contributed by atoms with Crippen LogP contribution in [0.4, 0.5) is 5.82 Å². The van der Waals surface area contributed by atoms with E-state index in [1.807, 2.05) is 56.2 Å². The van der Waals surface area contributed by atoms with E-state index in [2.05, 4.69) is 25.7 Å². The molecule has 0 amide bonds. The maximum absolute atomic E-state index is 4.30. The van der Waals surface area contributed by atoms with Gasteiger partial charge in [0.25, 0.3) is 0 Å². The normalized spacial score (nSPS) is 10.8. The van der Waals surface area contributed by atoms with Gasteiger partial charge >= 0.3 is 0 Å². The van der Waals surface area contributed by atoms with Gasteiger partial charge in [-0.3, -0.25) is 4.68 Å². The van der Waals surface area contributed by atoms with Gasteiger partial charge in [0.1, 0.15) is 5.82 Å². The van der Waals surface area contributed by atoms with E-state index in [0.29, 0.717) is 12.4 Å². The van der Waals surface area contributed by atoms with Crippen molar-refractivity contribution in [3.63, 3.8) is 0 Å². The van der Waals surface area contributed by atoms with Gasteiger partial charge in [0.05, 0.1) is 11.9 Å². The first-order valence-corrected chi connectivity index (χ1v) is 6.71. The lowest BCUT2D eigenvalue weighted by atomic mass is 10.2.